The van der Waals surface area contributed by atoms with E-state index in [0.29, 0.717) is 0 Å². The average Bonchev–Trinajstić information content (AvgIpc) is 3.11. The van der Waals surface area contributed by atoms with E-state index in [1.54, 1.807) is 0 Å². The Balaban J connectivity index is 2.01. The molecule has 0 saturated carbocycles. The predicted octanol–water partition coefficient (Wildman–Crippen LogP) is 2.99. The quantitative estimate of drug-likeness (QED) is 0.633. The Labute approximate surface area is 191 Å². The van der Waals surface area contributed by atoms with E-state index < -0.39 is 51.1 Å². The van der Waals surface area contributed by atoms with Crippen LogP contribution in [0.1, 0.15) is 32.8 Å². The first-order valence-electron chi connectivity index (χ1n) is 10.6. The monoisotopic (exact) mass is 484 g/mol. The molecule has 0 unspecified atom stereocenters. The van der Waals surface area contributed by atoms with Gasteiger partial charge in [-0.05, 0) is 57.4 Å². The van der Waals surface area contributed by atoms with Gasteiger partial charge in [-0.15, -0.1) is 0 Å². The van der Waals surface area contributed by atoms with Crippen LogP contribution < -0.4 is 4.72 Å². The maximum Gasteiger partial charge on any atom is 0.254 e. The van der Waals surface area contributed by atoms with Gasteiger partial charge in [0.1, 0.15) is 23.1 Å². The fourth-order valence-corrected chi connectivity index (χ4v) is 4.94. The van der Waals surface area contributed by atoms with Crippen molar-refractivity contribution < 1.29 is 31.5 Å². The number of nitrogens with one attached hydrogen (secondary N) is 1. The van der Waals surface area contributed by atoms with E-state index in [0.717, 1.165) is 18.2 Å². The van der Waals surface area contributed by atoms with E-state index in [1.165, 1.54) is 43.9 Å². The fourth-order valence-electron chi connectivity index (χ4n) is 4.04. The molecule has 0 aromatic heterocycles. The molecule has 0 spiro atoms. The molecule has 2 atom stereocenters. The van der Waals surface area contributed by atoms with Gasteiger partial charge in [-0.1, -0.05) is 18.2 Å². The molecule has 33 heavy (non-hydrogen) atoms. The van der Waals surface area contributed by atoms with Crippen LogP contribution in [0.5, 0.6) is 0 Å². The van der Waals surface area contributed by atoms with Crippen molar-refractivity contribution in [3.05, 3.63) is 59.4 Å². The number of amides is 1. The molecule has 0 aliphatic carbocycles. The Bertz CT molecular complexity index is 1150. The summed E-state index contributed by atoms with van der Waals surface area (Å²) in [4.78, 5) is 14.2. The van der Waals surface area contributed by atoms with Crippen molar-refractivity contribution in [1.82, 2.24) is 9.62 Å². The zero-order valence-corrected chi connectivity index (χ0v) is 19.4. The number of benzene rings is 2. The molecule has 10 heteroatoms. The van der Waals surface area contributed by atoms with Crippen molar-refractivity contribution in [2.75, 3.05) is 12.3 Å². The van der Waals surface area contributed by atoms with Crippen molar-refractivity contribution in [2.45, 2.75) is 51.3 Å². The fraction of sp³-hybridized carbons (Fsp3) is 0.435. The minimum absolute atomic E-state index is 0.0880. The third-order valence-corrected chi connectivity index (χ3v) is 7.19. The number of nitrogens with zero attached hydrogens (tertiary/aromatic N) is 1. The second kappa shape index (κ2) is 9.44. The summed E-state index contributed by atoms with van der Waals surface area (Å²) in [5.41, 5.74) is -1.98. The van der Waals surface area contributed by atoms with Crippen molar-refractivity contribution in [3.8, 4) is 11.1 Å². The van der Waals surface area contributed by atoms with E-state index in [2.05, 4.69) is 4.72 Å². The molecular weight excluding hydrogens is 457 g/mol. The highest BCUT2D eigenvalue weighted by molar-refractivity contribution is 7.89. The van der Waals surface area contributed by atoms with Crippen molar-refractivity contribution >= 4 is 15.9 Å². The van der Waals surface area contributed by atoms with E-state index >= 15 is 4.39 Å². The lowest BCUT2D eigenvalue weighted by Crippen LogP contribution is -2.52. The van der Waals surface area contributed by atoms with Crippen LogP contribution in [0.15, 0.2) is 36.4 Å². The van der Waals surface area contributed by atoms with Crippen LogP contribution in [-0.4, -0.2) is 54.3 Å². The van der Waals surface area contributed by atoms with Gasteiger partial charge in [0.05, 0.1) is 11.8 Å². The molecule has 1 saturated heterocycles. The Hall–Kier alpha value is -2.43. The van der Waals surface area contributed by atoms with E-state index in [9.17, 15) is 27.1 Å². The van der Waals surface area contributed by atoms with Crippen LogP contribution in [-0.2, 0) is 21.2 Å². The van der Waals surface area contributed by atoms with Gasteiger partial charge in [0.15, 0.2) is 0 Å². The highest BCUT2D eigenvalue weighted by Gasteiger charge is 2.43. The third-order valence-electron chi connectivity index (χ3n) is 5.77. The minimum Gasteiger partial charge on any atom is -0.381 e. The number of sulfonamides is 1. The van der Waals surface area contributed by atoms with Gasteiger partial charge < -0.3 is 10.0 Å². The van der Waals surface area contributed by atoms with Crippen LogP contribution in [0.2, 0.25) is 0 Å². The highest BCUT2D eigenvalue weighted by Crippen LogP contribution is 2.31. The molecule has 0 radical (unpaired) electrons. The zero-order valence-electron chi connectivity index (χ0n) is 18.6. The predicted molar refractivity (Wildman–Crippen MR) is 118 cm³/mol. The van der Waals surface area contributed by atoms with Crippen LogP contribution in [0.3, 0.4) is 0 Å². The first-order chi connectivity index (χ1) is 15.3. The lowest BCUT2D eigenvalue weighted by Gasteiger charge is -2.32. The second-order valence-electron chi connectivity index (χ2n) is 8.65. The highest BCUT2D eigenvalue weighted by atomic mass is 32.2. The maximum atomic E-state index is 15.4. The van der Waals surface area contributed by atoms with E-state index in [4.69, 9.17) is 0 Å². The Morgan fingerprint density at radius 2 is 1.88 bits per heavy atom. The molecule has 2 aromatic rings. The molecule has 1 fully saturated rings. The Kier molecular flexibility index (Phi) is 7.21. The van der Waals surface area contributed by atoms with Crippen LogP contribution in [0.25, 0.3) is 11.1 Å². The summed E-state index contributed by atoms with van der Waals surface area (Å²) in [5.74, 6) is -3.08. The summed E-state index contributed by atoms with van der Waals surface area (Å²) in [6, 6.07) is 5.52. The number of aliphatic hydroxyl groups is 1. The second-order valence-corrected chi connectivity index (χ2v) is 10.7. The number of carbonyl (C=O) groups excluding carboxylic acids is 1. The minimum atomic E-state index is -3.62. The molecule has 0 bridgehead atoms. The number of rotatable bonds is 7. The Morgan fingerprint density at radius 1 is 1.18 bits per heavy atom. The lowest BCUT2D eigenvalue weighted by atomic mass is 9.95. The smallest absolute Gasteiger partial charge is 0.254 e. The molecule has 6 nitrogen and oxygen atoms in total. The van der Waals surface area contributed by atoms with E-state index in [-0.39, 0.29) is 41.8 Å². The SMILES string of the molecule is CCS(=O)(=O)N[C@H]1CCN(C(=O)C(C)(C)O)[C@H]1Cc1cccc(-c2cc(F)ccc2F)c1F. The summed E-state index contributed by atoms with van der Waals surface area (Å²) in [7, 11) is -3.62. The van der Waals surface area contributed by atoms with Gasteiger partial charge in [-0.3, -0.25) is 4.79 Å². The van der Waals surface area contributed by atoms with Crippen molar-refractivity contribution in [3.63, 3.8) is 0 Å². The van der Waals surface area contributed by atoms with Gasteiger partial charge in [0.2, 0.25) is 10.0 Å². The summed E-state index contributed by atoms with van der Waals surface area (Å²) >= 11 is 0. The normalized spacial score (nSPS) is 19.2. The maximum absolute atomic E-state index is 15.4. The molecule has 2 N–H and O–H groups in total. The van der Waals surface area contributed by atoms with Crippen LogP contribution in [0.4, 0.5) is 13.2 Å². The summed E-state index contributed by atoms with van der Waals surface area (Å²) in [6.45, 7) is 4.29. The molecule has 3 rings (SSSR count). The van der Waals surface area contributed by atoms with Crippen molar-refractivity contribution in [2.24, 2.45) is 0 Å². The number of likely N-dealkylation sites (tertiary alicyclic amines) is 1. The lowest BCUT2D eigenvalue weighted by molar-refractivity contribution is -0.148. The molecule has 2 aromatic carbocycles. The number of halogens is 3. The number of carbonyl (C=O) groups is 1. The summed E-state index contributed by atoms with van der Waals surface area (Å²) in [5, 5.41) is 10.2. The third kappa shape index (κ3) is 5.56. The standard InChI is InChI=1S/C23H27F3N2O4S/c1-4-33(31,32)27-19-10-11-28(22(29)23(2,3)30)20(19)12-14-6-5-7-16(21(14)26)17-13-15(24)8-9-18(17)25/h5-9,13,19-20,27,30H,4,10-12H2,1-3H3/t19-,20-/m0/s1. The molecule has 1 heterocycles. The van der Waals surface area contributed by atoms with Crippen molar-refractivity contribution in [1.29, 1.82) is 0 Å². The Morgan fingerprint density at radius 3 is 2.52 bits per heavy atom. The molecule has 180 valence electrons. The van der Waals surface area contributed by atoms with Gasteiger partial charge >= 0.3 is 0 Å². The largest absolute Gasteiger partial charge is 0.381 e. The first-order valence-corrected chi connectivity index (χ1v) is 12.3. The summed E-state index contributed by atoms with van der Waals surface area (Å²) < 4.78 is 70.3. The number of hydrogen-bond acceptors (Lipinski definition) is 4. The molecule has 1 aliphatic heterocycles. The molecular formula is C23H27F3N2O4S. The first kappa shape index (κ1) is 25.2. The van der Waals surface area contributed by atoms with Crippen LogP contribution >= 0.6 is 0 Å². The van der Waals surface area contributed by atoms with Gasteiger partial charge in [0.25, 0.3) is 5.91 Å². The zero-order chi connectivity index (χ0) is 24.6. The molecule has 1 aliphatic rings. The molecule has 1 amide bonds. The van der Waals surface area contributed by atoms with Gasteiger partial charge in [-0.2, -0.15) is 0 Å². The van der Waals surface area contributed by atoms with Gasteiger partial charge in [0, 0.05) is 23.7 Å². The number of hydrogen-bond donors (Lipinski definition) is 2. The average molecular weight is 485 g/mol. The van der Waals surface area contributed by atoms with Gasteiger partial charge in [-0.25, -0.2) is 26.3 Å². The van der Waals surface area contributed by atoms with E-state index in [1.807, 2.05) is 0 Å². The topological polar surface area (TPSA) is 86.7 Å². The van der Waals surface area contributed by atoms with Crippen LogP contribution in [0, 0.1) is 17.5 Å². The summed E-state index contributed by atoms with van der Waals surface area (Å²) in [6.07, 6.45) is 0.195.